The normalized spacial score (nSPS) is 12.8. The summed E-state index contributed by atoms with van der Waals surface area (Å²) in [5.74, 6) is 2.28. The first kappa shape index (κ1) is 36.7. The van der Waals surface area contributed by atoms with Crippen molar-refractivity contribution in [3.8, 4) is 22.9 Å². The van der Waals surface area contributed by atoms with Gasteiger partial charge < -0.3 is 20.4 Å². The third kappa shape index (κ3) is 10.2. The van der Waals surface area contributed by atoms with Gasteiger partial charge in [0.05, 0.1) is 16.6 Å². The Hall–Kier alpha value is -4.56. The SMILES string of the molecule is CCCCCC(CCCCN)CCC(C)c1cc2ccccc2[nH]1.FC(F)(F)c1ccccc1Oc1ccc(-c2nc3ccccc3[nH]2)cc1. The van der Waals surface area contributed by atoms with E-state index in [-0.39, 0.29) is 5.75 Å². The van der Waals surface area contributed by atoms with Gasteiger partial charge in [0.15, 0.2) is 0 Å². The van der Waals surface area contributed by atoms with Crippen molar-refractivity contribution in [1.82, 2.24) is 15.0 Å². The fourth-order valence-corrected chi connectivity index (χ4v) is 6.38. The zero-order valence-corrected chi connectivity index (χ0v) is 29.1. The third-order valence-corrected chi connectivity index (χ3v) is 9.31. The van der Waals surface area contributed by atoms with E-state index in [9.17, 15) is 13.2 Å². The molecule has 0 saturated heterocycles. The average molecular weight is 683 g/mol. The van der Waals surface area contributed by atoms with Crippen molar-refractivity contribution >= 4 is 21.9 Å². The molecule has 2 heterocycles. The lowest BCUT2D eigenvalue weighted by Crippen LogP contribution is -2.06. The number of benzene rings is 4. The van der Waals surface area contributed by atoms with Crippen molar-refractivity contribution in [2.45, 2.75) is 83.7 Å². The number of halogens is 3. The maximum absolute atomic E-state index is 13.0. The molecule has 0 bridgehead atoms. The molecule has 6 aromatic rings. The minimum absolute atomic E-state index is 0.225. The van der Waals surface area contributed by atoms with Crippen LogP contribution in [0.1, 0.15) is 88.8 Å². The summed E-state index contributed by atoms with van der Waals surface area (Å²) in [6.45, 7) is 5.50. The number of unbranched alkanes of at least 4 members (excludes halogenated alkanes) is 3. The van der Waals surface area contributed by atoms with Crippen LogP contribution < -0.4 is 10.5 Å². The number of ether oxygens (including phenoxy) is 1. The molecular weight excluding hydrogens is 633 g/mol. The summed E-state index contributed by atoms with van der Waals surface area (Å²) in [6.07, 6.45) is 7.51. The molecule has 2 aromatic heterocycles. The topological polar surface area (TPSA) is 79.7 Å². The molecule has 4 N–H and O–H groups in total. The van der Waals surface area contributed by atoms with E-state index in [1.54, 1.807) is 24.3 Å². The summed E-state index contributed by atoms with van der Waals surface area (Å²) in [6, 6.07) is 30.5. The second-order valence-corrected chi connectivity index (χ2v) is 13.2. The smallest absolute Gasteiger partial charge is 0.419 e. The van der Waals surface area contributed by atoms with Crippen molar-refractivity contribution in [2.75, 3.05) is 6.54 Å². The molecule has 0 amide bonds. The van der Waals surface area contributed by atoms with Gasteiger partial charge in [-0.25, -0.2) is 4.98 Å². The van der Waals surface area contributed by atoms with Crippen LogP contribution in [0.15, 0.2) is 103 Å². The molecule has 0 aliphatic rings. The van der Waals surface area contributed by atoms with Gasteiger partial charge in [0, 0.05) is 16.8 Å². The Morgan fingerprint density at radius 3 is 2.12 bits per heavy atom. The predicted octanol–water partition coefficient (Wildman–Crippen LogP) is 12.4. The fraction of sp³-hybridized carbons (Fsp3) is 0.357. The van der Waals surface area contributed by atoms with Gasteiger partial charge in [-0.1, -0.05) is 94.8 Å². The zero-order chi connectivity index (χ0) is 35.3. The lowest BCUT2D eigenvalue weighted by Gasteiger charge is -2.19. The van der Waals surface area contributed by atoms with Gasteiger partial charge in [-0.05, 0) is 104 Å². The van der Waals surface area contributed by atoms with E-state index in [0.717, 1.165) is 35.1 Å². The summed E-state index contributed by atoms with van der Waals surface area (Å²) in [5, 5.41) is 1.33. The Labute approximate surface area is 293 Å². The molecular formula is C42H49F3N4O. The Morgan fingerprint density at radius 1 is 0.740 bits per heavy atom. The van der Waals surface area contributed by atoms with Crippen LogP contribution in [0.3, 0.4) is 0 Å². The number of imidazole rings is 1. The Balaban J connectivity index is 0.000000195. The molecule has 5 nitrogen and oxygen atoms in total. The highest BCUT2D eigenvalue weighted by Gasteiger charge is 2.34. The van der Waals surface area contributed by atoms with Crippen LogP contribution in [0.25, 0.3) is 33.3 Å². The number of nitrogens with one attached hydrogen (secondary N) is 2. The van der Waals surface area contributed by atoms with E-state index in [2.05, 4.69) is 59.1 Å². The number of nitrogens with two attached hydrogens (primary N) is 1. The minimum Gasteiger partial charge on any atom is -0.457 e. The lowest BCUT2D eigenvalue weighted by atomic mass is 9.88. The third-order valence-electron chi connectivity index (χ3n) is 9.31. The first-order valence-corrected chi connectivity index (χ1v) is 17.9. The molecule has 8 heteroatoms. The number of hydrogen-bond acceptors (Lipinski definition) is 3. The molecule has 6 rings (SSSR count). The summed E-state index contributed by atoms with van der Waals surface area (Å²) in [4.78, 5) is 11.3. The molecule has 0 aliphatic carbocycles. The van der Waals surface area contributed by atoms with Crippen molar-refractivity contribution in [2.24, 2.45) is 11.7 Å². The van der Waals surface area contributed by atoms with Gasteiger partial charge in [0.1, 0.15) is 17.3 Å². The predicted molar refractivity (Wildman–Crippen MR) is 200 cm³/mol. The maximum Gasteiger partial charge on any atom is 0.419 e. The Bertz CT molecular complexity index is 1820. The van der Waals surface area contributed by atoms with Crippen LogP contribution in [-0.4, -0.2) is 21.5 Å². The van der Waals surface area contributed by atoms with E-state index < -0.39 is 11.7 Å². The summed E-state index contributed by atoms with van der Waals surface area (Å²) in [7, 11) is 0. The number of alkyl halides is 3. The van der Waals surface area contributed by atoms with Gasteiger partial charge in [-0.2, -0.15) is 13.2 Å². The molecule has 4 aromatic carbocycles. The van der Waals surface area contributed by atoms with E-state index in [4.69, 9.17) is 10.5 Å². The van der Waals surface area contributed by atoms with Crippen LogP contribution in [0.4, 0.5) is 13.2 Å². The van der Waals surface area contributed by atoms with Crippen molar-refractivity contribution in [3.05, 3.63) is 114 Å². The Kier molecular flexibility index (Phi) is 13.1. The van der Waals surface area contributed by atoms with E-state index in [0.29, 0.717) is 17.5 Å². The van der Waals surface area contributed by atoms with Crippen molar-refractivity contribution < 1.29 is 17.9 Å². The quantitative estimate of drug-likeness (QED) is 0.0943. The molecule has 50 heavy (non-hydrogen) atoms. The summed E-state index contributed by atoms with van der Waals surface area (Å²) in [5.41, 5.74) is 10.1. The van der Waals surface area contributed by atoms with E-state index in [1.165, 1.54) is 92.6 Å². The molecule has 0 spiro atoms. The number of para-hydroxylation sites is 4. The molecule has 0 aliphatic heterocycles. The number of nitrogens with zero attached hydrogens (tertiary/aromatic N) is 1. The van der Waals surface area contributed by atoms with Crippen LogP contribution in [0.5, 0.6) is 11.5 Å². The highest BCUT2D eigenvalue weighted by atomic mass is 19.4. The first-order valence-electron chi connectivity index (χ1n) is 17.9. The molecule has 2 atom stereocenters. The second kappa shape index (κ2) is 17.9. The minimum atomic E-state index is -4.47. The number of aromatic nitrogens is 3. The molecule has 0 fully saturated rings. The highest BCUT2D eigenvalue weighted by molar-refractivity contribution is 5.80. The van der Waals surface area contributed by atoms with E-state index >= 15 is 0 Å². The van der Waals surface area contributed by atoms with Crippen molar-refractivity contribution in [1.29, 1.82) is 0 Å². The highest BCUT2D eigenvalue weighted by Crippen LogP contribution is 2.38. The van der Waals surface area contributed by atoms with E-state index in [1.807, 2.05) is 24.3 Å². The fourth-order valence-electron chi connectivity index (χ4n) is 6.38. The number of H-pyrrole nitrogens is 2. The summed E-state index contributed by atoms with van der Waals surface area (Å²) >= 11 is 0. The maximum atomic E-state index is 13.0. The van der Waals surface area contributed by atoms with Gasteiger partial charge >= 0.3 is 6.18 Å². The van der Waals surface area contributed by atoms with Gasteiger partial charge in [-0.3, -0.25) is 0 Å². The largest absolute Gasteiger partial charge is 0.457 e. The van der Waals surface area contributed by atoms with Crippen molar-refractivity contribution in [3.63, 3.8) is 0 Å². The number of rotatable bonds is 15. The standard InChI is InChI=1S/C22H36N2.C20H13F3N2O/c1-3-4-5-10-19(11-8-9-16-23)15-14-18(2)22-17-20-12-6-7-13-21(20)24-22;21-20(22,23)15-5-1-4-8-18(15)26-14-11-9-13(10-12-14)19-24-16-6-2-3-7-17(16)25-19/h6-7,12-13,17-19,24H,3-5,8-11,14-16,23H2,1-2H3;1-12H,(H,24,25). The van der Waals surface area contributed by atoms with Crippen LogP contribution in [-0.2, 0) is 6.18 Å². The average Bonchev–Trinajstić information content (AvgIpc) is 3.76. The second-order valence-electron chi connectivity index (χ2n) is 13.2. The molecule has 264 valence electrons. The van der Waals surface area contributed by atoms with Crippen LogP contribution in [0, 0.1) is 5.92 Å². The molecule has 2 unspecified atom stereocenters. The lowest BCUT2D eigenvalue weighted by molar-refractivity contribution is -0.138. The van der Waals surface area contributed by atoms with Crippen LogP contribution >= 0.6 is 0 Å². The van der Waals surface area contributed by atoms with Gasteiger partial charge in [-0.15, -0.1) is 0 Å². The summed E-state index contributed by atoms with van der Waals surface area (Å²) < 4.78 is 44.6. The van der Waals surface area contributed by atoms with Gasteiger partial charge in [0.25, 0.3) is 0 Å². The number of aromatic amines is 2. The van der Waals surface area contributed by atoms with Gasteiger partial charge in [0.2, 0.25) is 0 Å². The van der Waals surface area contributed by atoms with Crippen LogP contribution in [0.2, 0.25) is 0 Å². The monoisotopic (exact) mass is 682 g/mol. The number of fused-ring (bicyclic) bond motifs is 2. The Morgan fingerprint density at radius 2 is 1.42 bits per heavy atom. The first-order chi connectivity index (χ1) is 24.2. The molecule has 0 radical (unpaired) electrons. The number of hydrogen-bond donors (Lipinski definition) is 3. The zero-order valence-electron chi connectivity index (χ0n) is 29.1. The molecule has 0 saturated carbocycles.